The Bertz CT molecular complexity index is 366. The van der Waals surface area contributed by atoms with E-state index in [-0.39, 0.29) is 0 Å². The van der Waals surface area contributed by atoms with Crippen molar-refractivity contribution in [3.05, 3.63) is 66.8 Å². The van der Waals surface area contributed by atoms with Gasteiger partial charge in [-0.25, -0.2) is 0 Å². The molecular weight excluding hydrogens is 196 g/mol. The van der Waals surface area contributed by atoms with E-state index in [0.717, 1.165) is 12.1 Å². The maximum atomic E-state index is 4.15. The van der Waals surface area contributed by atoms with Gasteiger partial charge in [-0.2, -0.15) is 0 Å². The third-order valence-electron chi connectivity index (χ3n) is 2.03. The normalized spacial score (nSPS) is 8.81. The number of pyridine rings is 2. The molecule has 2 aromatic rings. The van der Waals surface area contributed by atoms with E-state index in [1.807, 2.05) is 30.5 Å². The molecule has 0 amide bonds. The van der Waals surface area contributed by atoms with Gasteiger partial charge in [-0.05, 0) is 36.3 Å². The van der Waals surface area contributed by atoms with Gasteiger partial charge in [0.2, 0.25) is 0 Å². The zero-order chi connectivity index (χ0) is 11.6. The van der Waals surface area contributed by atoms with E-state index in [1.165, 1.54) is 5.56 Å². The van der Waals surface area contributed by atoms with Gasteiger partial charge >= 0.3 is 0 Å². The van der Waals surface area contributed by atoms with Gasteiger partial charge in [0, 0.05) is 18.6 Å². The first-order chi connectivity index (χ1) is 7.86. The van der Waals surface area contributed by atoms with E-state index in [2.05, 4.69) is 29.5 Å². The topological polar surface area (TPSA) is 25.8 Å². The average molecular weight is 212 g/mol. The third-order valence-corrected chi connectivity index (χ3v) is 2.03. The van der Waals surface area contributed by atoms with Crippen molar-refractivity contribution >= 4 is 6.08 Å². The molecule has 0 bridgehead atoms. The fourth-order valence-electron chi connectivity index (χ4n) is 1.08. The second-order valence-corrected chi connectivity index (χ2v) is 3.17. The Kier molecular flexibility index (Phi) is 5.56. The molecule has 0 aliphatic rings. The van der Waals surface area contributed by atoms with Gasteiger partial charge in [-0.3, -0.25) is 9.97 Å². The minimum Gasteiger partial charge on any atom is -0.265 e. The molecule has 2 aromatic heterocycles. The standard InChI is InChI=1S/C9H11N.C5H5N/c1-3-8-5-6-9(4-2)10-7-8;1-2-4-6-5-3-1/h4-7H,2-3H2,1H3;1-5H. The molecule has 0 spiro atoms. The first kappa shape index (κ1) is 12.1. The van der Waals surface area contributed by atoms with Crippen LogP contribution in [0.25, 0.3) is 6.08 Å². The molecule has 0 saturated heterocycles. The van der Waals surface area contributed by atoms with Crippen LogP contribution in [-0.2, 0) is 6.42 Å². The van der Waals surface area contributed by atoms with Crippen molar-refractivity contribution in [3.8, 4) is 0 Å². The Morgan fingerprint density at radius 2 is 1.94 bits per heavy atom. The van der Waals surface area contributed by atoms with E-state index in [4.69, 9.17) is 0 Å². The van der Waals surface area contributed by atoms with Crippen LogP contribution in [0.15, 0.2) is 55.5 Å². The summed E-state index contributed by atoms with van der Waals surface area (Å²) >= 11 is 0. The lowest BCUT2D eigenvalue weighted by atomic mass is 10.2. The third kappa shape index (κ3) is 4.51. The summed E-state index contributed by atoms with van der Waals surface area (Å²) in [5.41, 5.74) is 2.21. The average Bonchev–Trinajstić information content (AvgIpc) is 2.41. The van der Waals surface area contributed by atoms with Gasteiger partial charge in [0.05, 0.1) is 5.69 Å². The van der Waals surface area contributed by atoms with E-state index in [9.17, 15) is 0 Å². The fourth-order valence-corrected chi connectivity index (χ4v) is 1.08. The molecule has 2 nitrogen and oxygen atoms in total. The number of nitrogens with zero attached hydrogens (tertiary/aromatic N) is 2. The van der Waals surface area contributed by atoms with E-state index >= 15 is 0 Å². The van der Waals surface area contributed by atoms with Crippen molar-refractivity contribution in [2.24, 2.45) is 0 Å². The molecule has 0 N–H and O–H groups in total. The van der Waals surface area contributed by atoms with Crippen LogP contribution in [0.2, 0.25) is 0 Å². The van der Waals surface area contributed by atoms with Crippen molar-refractivity contribution in [1.82, 2.24) is 9.97 Å². The van der Waals surface area contributed by atoms with Crippen LogP contribution in [0.3, 0.4) is 0 Å². The predicted octanol–water partition coefficient (Wildman–Crippen LogP) is 3.37. The van der Waals surface area contributed by atoms with Gasteiger partial charge in [0.15, 0.2) is 0 Å². The summed E-state index contributed by atoms with van der Waals surface area (Å²) in [6, 6.07) is 9.77. The van der Waals surface area contributed by atoms with Crippen LogP contribution in [0, 0.1) is 0 Å². The lowest BCUT2D eigenvalue weighted by Crippen LogP contribution is -1.83. The van der Waals surface area contributed by atoms with Gasteiger partial charge in [0.1, 0.15) is 0 Å². The molecule has 0 saturated carbocycles. The van der Waals surface area contributed by atoms with Crippen LogP contribution in [0.4, 0.5) is 0 Å². The maximum absolute atomic E-state index is 4.15. The monoisotopic (exact) mass is 212 g/mol. The zero-order valence-corrected chi connectivity index (χ0v) is 9.50. The van der Waals surface area contributed by atoms with Crippen LogP contribution in [-0.4, -0.2) is 9.97 Å². The molecule has 0 atom stereocenters. The molecule has 2 heteroatoms. The SMILES string of the molecule is C=Cc1ccc(CC)cn1.c1ccncc1. The summed E-state index contributed by atoms with van der Waals surface area (Å²) < 4.78 is 0. The predicted molar refractivity (Wildman–Crippen MR) is 67.9 cm³/mol. The minimum atomic E-state index is 0.942. The van der Waals surface area contributed by atoms with Crippen LogP contribution in [0.5, 0.6) is 0 Å². The first-order valence-electron chi connectivity index (χ1n) is 5.29. The van der Waals surface area contributed by atoms with E-state index < -0.39 is 0 Å². The summed E-state index contributed by atoms with van der Waals surface area (Å²) in [7, 11) is 0. The smallest absolute Gasteiger partial charge is 0.0623 e. The van der Waals surface area contributed by atoms with Crippen LogP contribution in [0.1, 0.15) is 18.2 Å². The van der Waals surface area contributed by atoms with Crippen molar-refractivity contribution < 1.29 is 0 Å². The summed E-state index contributed by atoms with van der Waals surface area (Å²) in [5.74, 6) is 0. The van der Waals surface area contributed by atoms with Crippen molar-refractivity contribution in [2.45, 2.75) is 13.3 Å². The lowest BCUT2D eigenvalue weighted by molar-refractivity contribution is 1.10. The van der Waals surface area contributed by atoms with Gasteiger partial charge in [-0.1, -0.05) is 25.6 Å². The van der Waals surface area contributed by atoms with Crippen molar-refractivity contribution in [2.75, 3.05) is 0 Å². The number of aromatic nitrogens is 2. The Hall–Kier alpha value is -1.96. The summed E-state index contributed by atoms with van der Waals surface area (Å²) in [6.45, 7) is 5.74. The van der Waals surface area contributed by atoms with E-state index in [1.54, 1.807) is 18.5 Å². The molecule has 0 aromatic carbocycles. The molecule has 82 valence electrons. The summed E-state index contributed by atoms with van der Waals surface area (Å²) in [5, 5.41) is 0. The first-order valence-corrected chi connectivity index (χ1v) is 5.29. The van der Waals surface area contributed by atoms with Gasteiger partial charge < -0.3 is 0 Å². The molecular formula is C14H16N2. The minimum absolute atomic E-state index is 0.942. The van der Waals surface area contributed by atoms with E-state index in [0.29, 0.717) is 0 Å². The molecule has 0 unspecified atom stereocenters. The molecule has 2 rings (SSSR count). The molecule has 2 heterocycles. The Morgan fingerprint density at radius 1 is 1.19 bits per heavy atom. The van der Waals surface area contributed by atoms with Gasteiger partial charge in [0.25, 0.3) is 0 Å². The van der Waals surface area contributed by atoms with Crippen molar-refractivity contribution in [3.63, 3.8) is 0 Å². The highest BCUT2D eigenvalue weighted by atomic mass is 14.7. The highest BCUT2D eigenvalue weighted by Crippen LogP contribution is 2.00. The number of aryl methyl sites for hydroxylation is 1. The molecule has 0 radical (unpaired) electrons. The molecule has 0 fully saturated rings. The second kappa shape index (κ2) is 7.35. The number of rotatable bonds is 2. The summed E-state index contributed by atoms with van der Waals surface area (Å²) in [6.07, 6.45) is 8.18. The second-order valence-electron chi connectivity index (χ2n) is 3.17. The van der Waals surface area contributed by atoms with Gasteiger partial charge in [-0.15, -0.1) is 0 Å². The Balaban J connectivity index is 0.000000181. The largest absolute Gasteiger partial charge is 0.265 e. The Labute approximate surface area is 96.7 Å². The van der Waals surface area contributed by atoms with Crippen molar-refractivity contribution in [1.29, 1.82) is 0 Å². The quantitative estimate of drug-likeness (QED) is 0.762. The highest BCUT2D eigenvalue weighted by Gasteiger charge is 1.87. The fraction of sp³-hybridized carbons (Fsp3) is 0.143. The van der Waals surface area contributed by atoms with Crippen LogP contribution >= 0.6 is 0 Å². The highest BCUT2D eigenvalue weighted by molar-refractivity contribution is 5.41. The zero-order valence-electron chi connectivity index (χ0n) is 9.50. The Morgan fingerprint density at radius 3 is 2.25 bits per heavy atom. The maximum Gasteiger partial charge on any atom is 0.0623 e. The molecule has 16 heavy (non-hydrogen) atoms. The number of hydrogen-bond acceptors (Lipinski definition) is 2. The molecule has 0 aliphatic carbocycles. The van der Waals surface area contributed by atoms with Crippen LogP contribution < -0.4 is 0 Å². The number of hydrogen-bond donors (Lipinski definition) is 0. The molecule has 0 aliphatic heterocycles. The lowest BCUT2D eigenvalue weighted by Gasteiger charge is -1.94. The summed E-state index contributed by atoms with van der Waals surface area (Å²) in [4.78, 5) is 7.93.